The molecule has 64 heavy (non-hydrogen) atoms. The lowest BCUT2D eigenvalue weighted by atomic mass is 9.44. The van der Waals surface area contributed by atoms with E-state index in [2.05, 4.69) is 5.32 Å². The first-order valence-corrected chi connectivity index (χ1v) is 21.6. The smallest absolute Gasteiger partial charge is 0.338 e. The minimum absolute atomic E-state index is 0.00571. The molecule has 11 atom stereocenters. The third-order valence-corrected chi connectivity index (χ3v) is 14.6. The molecule has 3 aromatic rings. The molecular formula is C48H53NO15. The van der Waals surface area contributed by atoms with Crippen LogP contribution < -0.4 is 5.32 Å². The Labute approximate surface area is 369 Å². The molecule has 1 aromatic heterocycles. The number of aliphatic hydroxyl groups is 3. The van der Waals surface area contributed by atoms with Crippen molar-refractivity contribution in [3.63, 3.8) is 0 Å². The molecular weight excluding hydrogens is 831 g/mol. The third kappa shape index (κ3) is 7.24. The summed E-state index contributed by atoms with van der Waals surface area (Å²) < 4.78 is 36.4. The Morgan fingerprint density at radius 2 is 1.55 bits per heavy atom. The van der Waals surface area contributed by atoms with Crippen molar-refractivity contribution >= 4 is 35.6 Å². The topological polar surface area (TPSA) is 234 Å². The summed E-state index contributed by atoms with van der Waals surface area (Å²) in [6.45, 7) is 6.89. The molecule has 1 amide bonds. The Hall–Kier alpha value is -5.68. The van der Waals surface area contributed by atoms with Crippen LogP contribution in [0.15, 0.2) is 94.6 Å². The molecule has 4 N–H and O–H groups in total. The van der Waals surface area contributed by atoms with Crippen molar-refractivity contribution in [2.75, 3.05) is 6.61 Å². The highest BCUT2D eigenvalue weighted by Gasteiger charge is 2.78. The van der Waals surface area contributed by atoms with Gasteiger partial charge in [0.2, 0.25) is 0 Å². The zero-order valence-electron chi connectivity index (χ0n) is 36.2. The zero-order valence-corrected chi connectivity index (χ0v) is 36.2. The van der Waals surface area contributed by atoms with E-state index in [0.29, 0.717) is 12.8 Å². The summed E-state index contributed by atoms with van der Waals surface area (Å²) in [7, 11) is 0. The van der Waals surface area contributed by atoms with E-state index < -0.39 is 119 Å². The first-order chi connectivity index (χ1) is 30.3. The molecule has 1 saturated heterocycles. The standard InChI is InChI=1S/C48H53NO15/c1-25-31(62-44(57)36(52)35(30-20-13-21-59-30)49-41(54)27-14-8-6-9-15-27)23-48(58)40(63-42(55)28-16-10-7-11-17-28)38-46(5,39(53)37(61-26(2)50)34(25)45(48,3)4)32(51)22-33-47(38,24-60-33)64-43(56)29-18-12-19-29/h6-11,13-17,20-21,29,31-33,35-38,40,51-52,58H,12,18-19,22-24H2,1-5H3,(H,49,54)/t31-,32-,33+,35-,36+,37+,38?,40-,46+,47-,48+/m0/s1. The molecule has 1 aliphatic heterocycles. The number of furan rings is 1. The number of ketones is 1. The Kier molecular flexibility index (Phi) is 11.7. The number of amides is 1. The van der Waals surface area contributed by atoms with Crippen LogP contribution >= 0.6 is 0 Å². The SMILES string of the molecule is CC(=O)O[C@H]1C(=O)[C@@]2(C)C([C@H](OC(=O)c3ccccc3)[C@]3(O)C[C@H](OC(=O)[C@H](O)[C@@H](NC(=O)c4ccccc4)c4ccco4)C(C)=C1C3(C)C)[C@]1(OC(=O)C3CCC3)CO[C@@H]1C[C@@H]2O. The summed E-state index contributed by atoms with van der Waals surface area (Å²) in [5.41, 5.74) is -7.43. The van der Waals surface area contributed by atoms with E-state index >= 15 is 4.79 Å². The second kappa shape index (κ2) is 16.7. The Balaban J connectivity index is 1.27. The van der Waals surface area contributed by atoms with Gasteiger partial charge in [-0.05, 0) is 74.2 Å². The molecule has 8 rings (SSSR count). The van der Waals surface area contributed by atoms with Gasteiger partial charge < -0.3 is 48.7 Å². The summed E-state index contributed by atoms with van der Waals surface area (Å²) in [5, 5.41) is 40.3. The molecule has 0 spiro atoms. The molecule has 16 heteroatoms. The van der Waals surface area contributed by atoms with Crippen LogP contribution in [0.25, 0.3) is 0 Å². The summed E-state index contributed by atoms with van der Waals surface area (Å²) in [6, 6.07) is 17.4. The number of Topliss-reactive ketones (excluding diaryl/α,β-unsaturated/α-hetero) is 1. The largest absolute Gasteiger partial charge is 0.467 e. The average molecular weight is 884 g/mol. The number of carbonyl (C=O) groups is 6. The minimum atomic E-state index is -2.40. The van der Waals surface area contributed by atoms with Gasteiger partial charge in [0.25, 0.3) is 5.91 Å². The fraction of sp³-hybridized carbons (Fsp3) is 0.500. The number of ether oxygens (including phenoxy) is 5. The number of esters is 4. The summed E-state index contributed by atoms with van der Waals surface area (Å²) in [5.74, 6) is -7.14. The van der Waals surface area contributed by atoms with Gasteiger partial charge in [-0.1, -0.05) is 56.7 Å². The van der Waals surface area contributed by atoms with Crippen LogP contribution in [0, 0.1) is 22.7 Å². The monoisotopic (exact) mass is 883 g/mol. The van der Waals surface area contributed by atoms with Crippen molar-refractivity contribution in [1.29, 1.82) is 0 Å². The maximum absolute atomic E-state index is 15.6. The second-order valence-electron chi connectivity index (χ2n) is 18.4. The van der Waals surface area contributed by atoms with Crippen LogP contribution in [-0.4, -0.2) is 105 Å². The van der Waals surface area contributed by atoms with Gasteiger partial charge >= 0.3 is 23.9 Å². The molecule has 4 fully saturated rings. The van der Waals surface area contributed by atoms with Crippen LogP contribution in [0.3, 0.4) is 0 Å². The van der Waals surface area contributed by atoms with Crippen molar-refractivity contribution in [3.8, 4) is 0 Å². The van der Waals surface area contributed by atoms with Gasteiger partial charge in [0.15, 0.2) is 23.6 Å². The highest BCUT2D eigenvalue weighted by Crippen LogP contribution is 2.64. The number of carbonyl (C=O) groups excluding carboxylic acids is 6. The molecule has 2 bridgehead atoms. The highest BCUT2D eigenvalue weighted by atomic mass is 16.6. The van der Waals surface area contributed by atoms with Gasteiger partial charge in [-0.25, -0.2) is 9.59 Å². The van der Waals surface area contributed by atoms with E-state index in [0.717, 1.165) is 13.3 Å². The lowest BCUT2D eigenvalue weighted by Gasteiger charge is -2.67. The molecule has 2 aromatic carbocycles. The van der Waals surface area contributed by atoms with Crippen LogP contribution in [0.1, 0.15) is 99.2 Å². The maximum atomic E-state index is 15.6. The van der Waals surface area contributed by atoms with Crippen molar-refractivity contribution in [1.82, 2.24) is 5.32 Å². The van der Waals surface area contributed by atoms with Gasteiger partial charge in [-0.3, -0.25) is 19.2 Å². The van der Waals surface area contributed by atoms with Gasteiger partial charge in [0.1, 0.15) is 35.7 Å². The molecule has 340 valence electrons. The molecule has 2 heterocycles. The van der Waals surface area contributed by atoms with Gasteiger partial charge in [0, 0.05) is 30.7 Å². The molecule has 3 saturated carbocycles. The third-order valence-electron chi connectivity index (χ3n) is 14.6. The Morgan fingerprint density at radius 1 is 0.891 bits per heavy atom. The molecule has 4 aliphatic carbocycles. The molecule has 16 nitrogen and oxygen atoms in total. The van der Waals surface area contributed by atoms with E-state index in [4.69, 9.17) is 28.1 Å². The van der Waals surface area contributed by atoms with Gasteiger partial charge in [-0.2, -0.15) is 0 Å². The van der Waals surface area contributed by atoms with E-state index in [1.54, 1.807) is 50.2 Å². The van der Waals surface area contributed by atoms with E-state index in [1.165, 1.54) is 56.5 Å². The Morgan fingerprint density at radius 3 is 2.11 bits per heavy atom. The van der Waals surface area contributed by atoms with Gasteiger partial charge in [-0.15, -0.1) is 0 Å². The van der Waals surface area contributed by atoms with Crippen molar-refractivity contribution in [2.45, 2.75) is 121 Å². The van der Waals surface area contributed by atoms with E-state index in [1.807, 2.05) is 0 Å². The van der Waals surface area contributed by atoms with Crippen LogP contribution in [0.4, 0.5) is 0 Å². The summed E-state index contributed by atoms with van der Waals surface area (Å²) in [4.78, 5) is 84.7. The van der Waals surface area contributed by atoms with Crippen LogP contribution in [-0.2, 0) is 42.9 Å². The molecule has 1 unspecified atom stereocenters. The number of nitrogens with one attached hydrogen (secondary N) is 1. The summed E-state index contributed by atoms with van der Waals surface area (Å²) >= 11 is 0. The normalized spacial score (nSPS) is 32.7. The quantitative estimate of drug-likeness (QED) is 0.121. The Bertz CT molecular complexity index is 2340. The van der Waals surface area contributed by atoms with Crippen molar-refractivity contribution < 1.29 is 72.2 Å². The van der Waals surface area contributed by atoms with E-state index in [-0.39, 0.29) is 41.1 Å². The number of hydrogen-bond donors (Lipinski definition) is 4. The lowest BCUT2D eigenvalue weighted by molar-refractivity contribution is -0.347. The van der Waals surface area contributed by atoms with Crippen LogP contribution in [0.2, 0.25) is 0 Å². The fourth-order valence-electron chi connectivity index (χ4n) is 10.6. The number of rotatable bonds is 11. The van der Waals surface area contributed by atoms with E-state index in [9.17, 15) is 39.3 Å². The predicted molar refractivity (Wildman–Crippen MR) is 222 cm³/mol. The number of fused-ring (bicyclic) bond motifs is 5. The van der Waals surface area contributed by atoms with Gasteiger partial charge in [0.05, 0.1) is 41.8 Å². The highest BCUT2D eigenvalue weighted by molar-refractivity contribution is 5.96. The zero-order chi connectivity index (χ0) is 45.9. The van der Waals surface area contributed by atoms with Crippen molar-refractivity contribution in [2.24, 2.45) is 22.7 Å². The fourth-order valence-corrected chi connectivity index (χ4v) is 10.6. The number of hydrogen-bond acceptors (Lipinski definition) is 15. The average Bonchev–Trinajstić information content (AvgIpc) is 3.78. The number of benzene rings is 2. The molecule has 5 aliphatic rings. The maximum Gasteiger partial charge on any atom is 0.338 e. The van der Waals surface area contributed by atoms with Crippen LogP contribution in [0.5, 0.6) is 0 Å². The first kappa shape index (κ1) is 44.9. The van der Waals surface area contributed by atoms with Crippen molar-refractivity contribution in [3.05, 3.63) is 107 Å². The second-order valence-corrected chi connectivity index (χ2v) is 18.4. The molecule has 0 radical (unpaired) electrons. The summed E-state index contributed by atoms with van der Waals surface area (Å²) in [6.07, 6.45) is -7.39. The lowest BCUT2D eigenvalue weighted by Crippen LogP contribution is -2.82. The minimum Gasteiger partial charge on any atom is -0.467 e. The number of aliphatic hydroxyl groups excluding tert-OH is 2. The first-order valence-electron chi connectivity index (χ1n) is 21.6. The predicted octanol–water partition coefficient (Wildman–Crippen LogP) is 4.11.